The van der Waals surface area contributed by atoms with Gasteiger partial charge in [0.2, 0.25) is 0 Å². The van der Waals surface area contributed by atoms with E-state index < -0.39 is 0 Å². The first-order chi connectivity index (χ1) is 7.10. The van der Waals surface area contributed by atoms with Crippen molar-refractivity contribution in [3.63, 3.8) is 0 Å². The van der Waals surface area contributed by atoms with E-state index in [2.05, 4.69) is 18.8 Å². The number of aryl methyl sites for hydroxylation is 2. The lowest BCUT2D eigenvalue weighted by molar-refractivity contribution is 0.886. The van der Waals surface area contributed by atoms with Gasteiger partial charge in [-0.3, -0.25) is 0 Å². The highest BCUT2D eigenvalue weighted by atomic mass is 35.5. The Balaban J connectivity index is 0.000000337. The maximum atomic E-state index is 5.86. The summed E-state index contributed by atoms with van der Waals surface area (Å²) < 4.78 is 2.03. The van der Waals surface area contributed by atoms with Gasteiger partial charge >= 0.3 is 0 Å². The first-order valence-electron chi connectivity index (χ1n) is 5.18. The SMILES string of the molecule is CCC.Cc1nc2ccc(Cl)cc2n1C. The van der Waals surface area contributed by atoms with E-state index in [1.54, 1.807) is 0 Å². The lowest BCUT2D eigenvalue weighted by atomic mass is 10.3. The van der Waals surface area contributed by atoms with E-state index >= 15 is 0 Å². The van der Waals surface area contributed by atoms with Crippen LogP contribution in [-0.2, 0) is 7.05 Å². The summed E-state index contributed by atoms with van der Waals surface area (Å²) in [6.07, 6.45) is 1.25. The standard InChI is InChI=1S/C9H9ClN2.C3H8/c1-6-11-8-4-3-7(10)5-9(8)12(6)2;1-3-2/h3-5H,1-2H3;3H2,1-2H3. The number of hydrogen-bond donors (Lipinski definition) is 0. The molecule has 0 unspecified atom stereocenters. The van der Waals surface area contributed by atoms with Gasteiger partial charge in [-0.1, -0.05) is 31.9 Å². The van der Waals surface area contributed by atoms with Crippen LogP contribution in [0, 0.1) is 6.92 Å². The summed E-state index contributed by atoms with van der Waals surface area (Å²) in [5.41, 5.74) is 2.08. The van der Waals surface area contributed by atoms with Crippen molar-refractivity contribution < 1.29 is 0 Å². The van der Waals surface area contributed by atoms with Crippen LogP contribution in [0.15, 0.2) is 18.2 Å². The van der Waals surface area contributed by atoms with Crippen molar-refractivity contribution in [1.29, 1.82) is 0 Å². The molecule has 0 fully saturated rings. The Kier molecular flexibility index (Phi) is 4.15. The molecule has 2 rings (SSSR count). The number of imidazole rings is 1. The monoisotopic (exact) mass is 224 g/mol. The van der Waals surface area contributed by atoms with Crippen LogP contribution >= 0.6 is 11.6 Å². The number of fused-ring (bicyclic) bond motifs is 1. The lowest BCUT2D eigenvalue weighted by Gasteiger charge is -1.95. The third kappa shape index (κ3) is 2.72. The summed E-state index contributed by atoms with van der Waals surface area (Å²) in [7, 11) is 1.99. The molecule has 0 aliphatic carbocycles. The van der Waals surface area contributed by atoms with Crippen molar-refractivity contribution in [1.82, 2.24) is 9.55 Å². The second-order valence-corrected chi connectivity index (χ2v) is 3.99. The molecular weight excluding hydrogens is 208 g/mol. The predicted octanol–water partition coefficient (Wildman–Crippen LogP) is 3.95. The van der Waals surface area contributed by atoms with Gasteiger partial charge in [-0.05, 0) is 25.1 Å². The van der Waals surface area contributed by atoms with Crippen LogP contribution < -0.4 is 0 Å². The van der Waals surface area contributed by atoms with Crippen LogP contribution in [0.1, 0.15) is 26.1 Å². The van der Waals surface area contributed by atoms with Crippen molar-refractivity contribution in [2.24, 2.45) is 7.05 Å². The quantitative estimate of drug-likeness (QED) is 0.663. The fourth-order valence-electron chi connectivity index (χ4n) is 1.28. The summed E-state index contributed by atoms with van der Waals surface area (Å²) in [5, 5.41) is 0.755. The van der Waals surface area contributed by atoms with Crippen LogP contribution in [0.3, 0.4) is 0 Å². The van der Waals surface area contributed by atoms with E-state index in [1.807, 2.05) is 36.7 Å². The highest BCUT2D eigenvalue weighted by molar-refractivity contribution is 6.31. The van der Waals surface area contributed by atoms with Gasteiger partial charge in [-0.25, -0.2) is 4.98 Å². The van der Waals surface area contributed by atoms with Crippen LogP contribution in [0.2, 0.25) is 5.02 Å². The van der Waals surface area contributed by atoms with E-state index in [0.717, 1.165) is 21.9 Å². The zero-order valence-electron chi connectivity index (χ0n) is 9.71. The Morgan fingerprint density at radius 1 is 1.33 bits per heavy atom. The third-order valence-corrected chi connectivity index (χ3v) is 2.30. The molecule has 0 spiro atoms. The number of hydrogen-bond acceptors (Lipinski definition) is 1. The molecule has 0 bridgehead atoms. The Bertz CT molecular complexity index is 446. The summed E-state index contributed by atoms with van der Waals surface area (Å²) in [4.78, 5) is 4.36. The topological polar surface area (TPSA) is 17.8 Å². The molecule has 82 valence electrons. The summed E-state index contributed by atoms with van der Waals surface area (Å²) in [6.45, 7) is 6.23. The van der Waals surface area contributed by atoms with E-state index in [1.165, 1.54) is 6.42 Å². The first-order valence-corrected chi connectivity index (χ1v) is 5.56. The highest BCUT2D eigenvalue weighted by Gasteiger charge is 2.02. The second kappa shape index (κ2) is 5.17. The molecule has 1 aromatic heterocycles. The largest absolute Gasteiger partial charge is 0.331 e. The Morgan fingerprint density at radius 2 is 1.93 bits per heavy atom. The smallest absolute Gasteiger partial charge is 0.106 e. The van der Waals surface area contributed by atoms with Gasteiger partial charge in [-0.2, -0.15) is 0 Å². The Labute approximate surface area is 95.9 Å². The van der Waals surface area contributed by atoms with Gasteiger partial charge in [-0.15, -0.1) is 0 Å². The predicted molar refractivity (Wildman–Crippen MR) is 66.4 cm³/mol. The molecule has 0 amide bonds. The van der Waals surface area contributed by atoms with E-state index in [-0.39, 0.29) is 0 Å². The van der Waals surface area contributed by atoms with Crippen molar-refractivity contribution >= 4 is 22.6 Å². The fraction of sp³-hybridized carbons (Fsp3) is 0.417. The lowest BCUT2D eigenvalue weighted by Crippen LogP contribution is -1.89. The summed E-state index contributed by atoms with van der Waals surface area (Å²) in [6, 6.07) is 5.72. The van der Waals surface area contributed by atoms with Gasteiger partial charge in [0, 0.05) is 12.1 Å². The number of halogens is 1. The van der Waals surface area contributed by atoms with Gasteiger partial charge in [0.05, 0.1) is 11.0 Å². The highest BCUT2D eigenvalue weighted by Crippen LogP contribution is 2.18. The van der Waals surface area contributed by atoms with E-state index in [4.69, 9.17) is 11.6 Å². The number of rotatable bonds is 0. The molecule has 0 N–H and O–H groups in total. The van der Waals surface area contributed by atoms with E-state index in [9.17, 15) is 0 Å². The van der Waals surface area contributed by atoms with Crippen LogP contribution in [0.4, 0.5) is 0 Å². The van der Waals surface area contributed by atoms with Gasteiger partial charge in [0.15, 0.2) is 0 Å². The number of aromatic nitrogens is 2. The van der Waals surface area contributed by atoms with E-state index in [0.29, 0.717) is 0 Å². The molecule has 0 radical (unpaired) electrons. The van der Waals surface area contributed by atoms with Crippen LogP contribution in [-0.4, -0.2) is 9.55 Å². The summed E-state index contributed by atoms with van der Waals surface area (Å²) >= 11 is 5.86. The maximum Gasteiger partial charge on any atom is 0.106 e. The zero-order chi connectivity index (χ0) is 11.4. The third-order valence-electron chi connectivity index (χ3n) is 2.07. The minimum atomic E-state index is 0.755. The molecular formula is C12H17ClN2. The maximum absolute atomic E-state index is 5.86. The Hall–Kier alpha value is -1.02. The molecule has 0 aliphatic heterocycles. The van der Waals surface area contributed by atoms with Crippen LogP contribution in [0.5, 0.6) is 0 Å². The first kappa shape index (κ1) is 12.1. The molecule has 2 aromatic rings. The average Bonchev–Trinajstić information content (AvgIpc) is 2.46. The van der Waals surface area contributed by atoms with Crippen molar-refractivity contribution in [3.8, 4) is 0 Å². The minimum absolute atomic E-state index is 0.755. The van der Waals surface area contributed by atoms with Crippen LogP contribution in [0.25, 0.3) is 11.0 Å². The average molecular weight is 225 g/mol. The zero-order valence-corrected chi connectivity index (χ0v) is 10.5. The van der Waals surface area contributed by atoms with Gasteiger partial charge in [0.25, 0.3) is 0 Å². The second-order valence-electron chi connectivity index (χ2n) is 3.56. The molecule has 1 heterocycles. The molecule has 2 nitrogen and oxygen atoms in total. The molecule has 0 aliphatic rings. The Morgan fingerprint density at radius 3 is 2.53 bits per heavy atom. The number of nitrogens with zero attached hydrogens (tertiary/aromatic N) is 2. The summed E-state index contributed by atoms with van der Waals surface area (Å²) in [5.74, 6) is 1.01. The normalized spacial score (nSPS) is 9.93. The molecule has 0 saturated heterocycles. The van der Waals surface area contributed by atoms with Gasteiger partial charge < -0.3 is 4.57 Å². The van der Waals surface area contributed by atoms with Gasteiger partial charge in [0.1, 0.15) is 5.82 Å². The van der Waals surface area contributed by atoms with Crippen molar-refractivity contribution in [3.05, 3.63) is 29.0 Å². The minimum Gasteiger partial charge on any atom is -0.331 e. The molecule has 15 heavy (non-hydrogen) atoms. The molecule has 1 aromatic carbocycles. The molecule has 0 atom stereocenters. The molecule has 3 heteroatoms. The van der Waals surface area contributed by atoms with Crippen molar-refractivity contribution in [2.75, 3.05) is 0 Å². The number of benzene rings is 1. The van der Waals surface area contributed by atoms with Crippen molar-refractivity contribution in [2.45, 2.75) is 27.2 Å². The molecule has 0 saturated carbocycles. The fourth-order valence-corrected chi connectivity index (χ4v) is 1.45.